The van der Waals surface area contributed by atoms with E-state index in [1.807, 2.05) is 0 Å². The van der Waals surface area contributed by atoms with E-state index < -0.39 is 12.0 Å². The molecule has 0 amide bonds. The molecular formula is C6H17ClN4O3. The molecule has 0 radical (unpaired) electrons. The molecule has 14 heavy (non-hydrogen) atoms. The molecular weight excluding hydrogens is 212 g/mol. The van der Waals surface area contributed by atoms with Crippen LogP contribution in [0.5, 0.6) is 0 Å². The Bertz CT molecular complexity index is 178. The first-order valence-corrected chi connectivity index (χ1v) is 3.60. The smallest absolute Gasteiger partial charge is 0.320 e. The molecule has 9 N–H and O–H groups in total. The Labute approximate surface area is 88.1 Å². The fourth-order valence-electron chi connectivity index (χ4n) is 0.669. The molecule has 0 heterocycles. The normalized spacial score (nSPS) is 10.4. The topological polar surface area (TPSA) is 157 Å². The van der Waals surface area contributed by atoms with Crippen molar-refractivity contribution >= 4 is 24.3 Å². The van der Waals surface area contributed by atoms with Crippen LogP contribution in [0, 0.1) is 5.41 Å². The lowest BCUT2D eigenvalue weighted by Gasteiger charge is -2.06. The van der Waals surface area contributed by atoms with E-state index in [-0.39, 0.29) is 23.8 Å². The maximum Gasteiger partial charge on any atom is 0.320 e. The van der Waals surface area contributed by atoms with Crippen molar-refractivity contribution in [3.8, 4) is 0 Å². The van der Waals surface area contributed by atoms with Gasteiger partial charge in [-0.1, -0.05) is 0 Å². The van der Waals surface area contributed by atoms with Gasteiger partial charge in [0, 0.05) is 6.54 Å². The average Bonchev–Trinajstić information content (AvgIpc) is 1.97. The highest BCUT2D eigenvalue weighted by atomic mass is 35.5. The lowest BCUT2D eigenvalue weighted by molar-refractivity contribution is -0.138. The van der Waals surface area contributed by atoms with E-state index >= 15 is 0 Å². The van der Waals surface area contributed by atoms with Gasteiger partial charge in [-0.05, 0) is 12.8 Å². The van der Waals surface area contributed by atoms with E-state index in [1.54, 1.807) is 0 Å². The molecule has 0 rings (SSSR count). The Morgan fingerprint density at radius 2 is 2.07 bits per heavy atom. The van der Waals surface area contributed by atoms with Crippen LogP contribution in [0.15, 0.2) is 0 Å². The number of carboxylic acid groups (broad SMARTS) is 1. The molecule has 0 aromatic carbocycles. The molecule has 0 aliphatic rings. The van der Waals surface area contributed by atoms with Crippen LogP contribution in [0.3, 0.4) is 0 Å². The molecule has 0 aliphatic heterocycles. The first kappa shape index (κ1) is 18.7. The Balaban J connectivity index is -0.000000605. The van der Waals surface area contributed by atoms with Gasteiger partial charge in [0.05, 0.1) is 0 Å². The third kappa shape index (κ3) is 11.0. The zero-order valence-electron chi connectivity index (χ0n) is 7.62. The summed E-state index contributed by atoms with van der Waals surface area (Å²) in [4.78, 5) is 10.2. The quantitative estimate of drug-likeness (QED) is 0.214. The monoisotopic (exact) mass is 228 g/mol. The Kier molecular flexibility index (Phi) is 13.4. The van der Waals surface area contributed by atoms with E-state index in [0.717, 1.165) is 0 Å². The van der Waals surface area contributed by atoms with Gasteiger partial charge in [0.25, 0.3) is 0 Å². The molecule has 7 nitrogen and oxygen atoms in total. The number of halogens is 1. The molecule has 0 fully saturated rings. The SMILES string of the molecule is Cl.N=C(N)NCCCC(N)C(=O)O.O. The third-order valence-corrected chi connectivity index (χ3v) is 1.32. The van der Waals surface area contributed by atoms with E-state index in [0.29, 0.717) is 19.4 Å². The number of aliphatic carboxylic acids is 1. The standard InChI is InChI=1S/C6H14N4O2.ClH.H2O/c7-4(5(11)12)2-1-3-10-6(8)9;;/h4H,1-3,7H2,(H,11,12)(H4,8,9,10);1H;1H2. The number of hydrogen-bond donors (Lipinski definition) is 5. The van der Waals surface area contributed by atoms with Crippen LogP contribution in [-0.4, -0.2) is 35.1 Å². The van der Waals surface area contributed by atoms with Gasteiger partial charge in [-0.3, -0.25) is 10.2 Å². The van der Waals surface area contributed by atoms with Crippen molar-refractivity contribution in [2.24, 2.45) is 11.5 Å². The van der Waals surface area contributed by atoms with Gasteiger partial charge >= 0.3 is 5.97 Å². The maximum atomic E-state index is 10.2. The Morgan fingerprint density at radius 1 is 1.57 bits per heavy atom. The van der Waals surface area contributed by atoms with Crippen LogP contribution in [0.4, 0.5) is 0 Å². The van der Waals surface area contributed by atoms with Crippen molar-refractivity contribution in [2.45, 2.75) is 18.9 Å². The molecule has 0 aliphatic carbocycles. The molecule has 0 bridgehead atoms. The van der Waals surface area contributed by atoms with Crippen molar-refractivity contribution in [3.63, 3.8) is 0 Å². The number of rotatable bonds is 5. The molecule has 1 unspecified atom stereocenters. The van der Waals surface area contributed by atoms with Crippen LogP contribution in [0.1, 0.15) is 12.8 Å². The summed E-state index contributed by atoms with van der Waals surface area (Å²) in [6.07, 6.45) is 0.975. The summed E-state index contributed by atoms with van der Waals surface area (Å²) >= 11 is 0. The zero-order chi connectivity index (χ0) is 9.56. The fraction of sp³-hybridized carbons (Fsp3) is 0.667. The molecule has 1 atom stereocenters. The summed E-state index contributed by atoms with van der Waals surface area (Å²) in [5.41, 5.74) is 10.2. The van der Waals surface area contributed by atoms with Crippen LogP contribution >= 0.6 is 12.4 Å². The zero-order valence-corrected chi connectivity index (χ0v) is 8.43. The first-order chi connectivity index (χ1) is 5.54. The summed E-state index contributed by atoms with van der Waals surface area (Å²) in [6, 6.07) is -0.821. The number of carboxylic acids is 1. The highest BCUT2D eigenvalue weighted by Gasteiger charge is 2.09. The lowest BCUT2D eigenvalue weighted by Crippen LogP contribution is -2.34. The minimum Gasteiger partial charge on any atom is -0.480 e. The largest absolute Gasteiger partial charge is 0.480 e. The minimum absolute atomic E-state index is 0. The second-order valence-corrected chi connectivity index (χ2v) is 2.43. The first-order valence-electron chi connectivity index (χ1n) is 3.60. The average molecular weight is 229 g/mol. The van der Waals surface area contributed by atoms with Gasteiger partial charge in [-0.15, -0.1) is 12.4 Å². The molecule has 0 aromatic rings. The molecule has 8 heteroatoms. The predicted molar refractivity (Wildman–Crippen MR) is 55.6 cm³/mol. The highest BCUT2D eigenvalue weighted by Crippen LogP contribution is 1.92. The van der Waals surface area contributed by atoms with Crippen LogP contribution in [0.25, 0.3) is 0 Å². The number of carbonyl (C=O) groups is 1. The van der Waals surface area contributed by atoms with Gasteiger partial charge in [0.2, 0.25) is 0 Å². The number of nitrogens with one attached hydrogen (secondary N) is 2. The minimum atomic E-state index is -1.00. The van der Waals surface area contributed by atoms with Crippen molar-refractivity contribution in [2.75, 3.05) is 6.54 Å². The van der Waals surface area contributed by atoms with Gasteiger partial charge < -0.3 is 27.4 Å². The summed E-state index contributed by atoms with van der Waals surface area (Å²) in [7, 11) is 0. The van der Waals surface area contributed by atoms with Gasteiger partial charge in [-0.2, -0.15) is 0 Å². The summed E-state index contributed by atoms with van der Waals surface area (Å²) in [5.74, 6) is -1.11. The Hall–Kier alpha value is -1.05. The van der Waals surface area contributed by atoms with E-state index in [9.17, 15) is 4.79 Å². The van der Waals surface area contributed by atoms with Crippen molar-refractivity contribution in [1.29, 1.82) is 5.41 Å². The highest BCUT2D eigenvalue weighted by molar-refractivity contribution is 5.85. The Morgan fingerprint density at radius 3 is 2.43 bits per heavy atom. The predicted octanol–water partition coefficient (Wildman–Crippen LogP) is -1.74. The van der Waals surface area contributed by atoms with Gasteiger partial charge in [-0.25, -0.2) is 0 Å². The second kappa shape index (κ2) is 10.0. The number of nitrogens with two attached hydrogens (primary N) is 2. The maximum absolute atomic E-state index is 10.2. The second-order valence-electron chi connectivity index (χ2n) is 2.43. The van der Waals surface area contributed by atoms with Crippen molar-refractivity contribution in [1.82, 2.24) is 5.32 Å². The van der Waals surface area contributed by atoms with E-state index in [1.165, 1.54) is 0 Å². The number of guanidine groups is 1. The fourth-order valence-corrected chi connectivity index (χ4v) is 0.669. The molecule has 0 saturated carbocycles. The van der Waals surface area contributed by atoms with Gasteiger partial charge in [0.15, 0.2) is 5.96 Å². The summed E-state index contributed by atoms with van der Waals surface area (Å²) < 4.78 is 0. The van der Waals surface area contributed by atoms with Crippen LogP contribution in [0.2, 0.25) is 0 Å². The summed E-state index contributed by atoms with van der Waals surface area (Å²) in [6.45, 7) is 0.482. The lowest BCUT2D eigenvalue weighted by atomic mass is 10.2. The van der Waals surface area contributed by atoms with Crippen molar-refractivity contribution in [3.05, 3.63) is 0 Å². The van der Waals surface area contributed by atoms with E-state index in [2.05, 4.69) is 5.32 Å². The molecule has 86 valence electrons. The molecule has 0 spiro atoms. The van der Waals surface area contributed by atoms with Crippen LogP contribution in [-0.2, 0) is 4.79 Å². The van der Waals surface area contributed by atoms with Crippen LogP contribution < -0.4 is 16.8 Å². The van der Waals surface area contributed by atoms with E-state index in [4.69, 9.17) is 22.0 Å². The molecule has 0 saturated heterocycles. The van der Waals surface area contributed by atoms with Gasteiger partial charge in [0.1, 0.15) is 6.04 Å². The third-order valence-electron chi connectivity index (χ3n) is 1.32. The van der Waals surface area contributed by atoms with Crippen molar-refractivity contribution < 1.29 is 15.4 Å². The molecule has 0 aromatic heterocycles. The number of hydrogen-bond acceptors (Lipinski definition) is 3. The summed E-state index contributed by atoms with van der Waals surface area (Å²) in [5, 5.41) is 17.7.